The predicted molar refractivity (Wildman–Crippen MR) is 105 cm³/mol. The third kappa shape index (κ3) is 11.2. The van der Waals surface area contributed by atoms with Crippen molar-refractivity contribution in [1.82, 2.24) is 16.0 Å². The Morgan fingerprint density at radius 2 is 1.26 bits per heavy atom. The predicted octanol–water partition coefficient (Wildman–Crippen LogP) is -4.17. The summed E-state index contributed by atoms with van der Waals surface area (Å²) in [6, 6.07) is -5.54. The molecule has 14 nitrogen and oxygen atoms in total. The molecule has 0 aromatic heterocycles. The second kappa shape index (κ2) is 15.1. The smallest absolute Gasteiger partial charge is 0.328 e. The number of nitrogens with two attached hydrogens (primary N) is 2. The molecule has 31 heavy (non-hydrogen) atoms. The Morgan fingerprint density at radius 3 is 1.71 bits per heavy atom. The van der Waals surface area contributed by atoms with Crippen molar-refractivity contribution in [1.29, 1.82) is 0 Å². The van der Waals surface area contributed by atoms with Crippen LogP contribution in [0.5, 0.6) is 0 Å². The summed E-state index contributed by atoms with van der Waals surface area (Å²) < 4.78 is 0. The van der Waals surface area contributed by atoms with Crippen LogP contribution in [0, 0.1) is 0 Å². The lowest BCUT2D eigenvalue weighted by atomic mass is 10.1. The molecule has 0 aliphatic carbocycles. The number of carbonyl (C=O) groups excluding carboxylic acids is 3. The average Bonchev–Trinajstić information content (AvgIpc) is 2.72. The van der Waals surface area contributed by atoms with Crippen molar-refractivity contribution in [3.8, 4) is 0 Å². The Labute approximate surface area is 178 Å². The van der Waals surface area contributed by atoms with Crippen LogP contribution in [0.4, 0.5) is 0 Å². The lowest BCUT2D eigenvalue weighted by Gasteiger charge is -2.24. The zero-order chi connectivity index (χ0) is 24.0. The summed E-state index contributed by atoms with van der Waals surface area (Å²) in [6.45, 7) is -1.27. The molecule has 0 bridgehead atoms. The van der Waals surface area contributed by atoms with Gasteiger partial charge in [0.2, 0.25) is 17.7 Å². The SMILES string of the molecule is NCCCCC(NC(=O)C(CCC(=O)O)NC(=O)C(N)CO)C(=O)NC(CO)C(=O)O. The van der Waals surface area contributed by atoms with Gasteiger partial charge in [-0.1, -0.05) is 0 Å². The van der Waals surface area contributed by atoms with Crippen LogP contribution in [-0.4, -0.2) is 94.0 Å². The maximum absolute atomic E-state index is 12.6. The first-order valence-corrected chi connectivity index (χ1v) is 9.60. The molecule has 4 unspecified atom stereocenters. The number of unbranched alkanes of at least 4 members (excludes halogenated alkanes) is 1. The van der Waals surface area contributed by atoms with Crippen LogP contribution >= 0.6 is 0 Å². The van der Waals surface area contributed by atoms with E-state index in [9.17, 15) is 24.0 Å². The molecule has 0 heterocycles. The van der Waals surface area contributed by atoms with Gasteiger partial charge in [-0.05, 0) is 32.2 Å². The fraction of sp³-hybridized carbons (Fsp3) is 0.706. The number of nitrogens with one attached hydrogen (secondary N) is 3. The van der Waals surface area contributed by atoms with E-state index in [1.807, 2.05) is 0 Å². The molecule has 4 atom stereocenters. The van der Waals surface area contributed by atoms with Gasteiger partial charge < -0.3 is 47.8 Å². The largest absolute Gasteiger partial charge is 0.481 e. The highest BCUT2D eigenvalue weighted by Crippen LogP contribution is 2.05. The van der Waals surface area contributed by atoms with E-state index >= 15 is 0 Å². The molecular formula is C17H31N5O9. The average molecular weight is 449 g/mol. The van der Waals surface area contributed by atoms with Crippen molar-refractivity contribution in [3.05, 3.63) is 0 Å². The minimum atomic E-state index is -1.59. The van der Waals surface area contributed by atoms with E-state index in [-0.39, 0.29) is 12.8 Å². The van der Waals surface area contributed by atoms with E-state index in [4.69, 9.17) is 31.9 Å². The summed E-state index contributed by atoms with van der Waals surface area (Å²) in [5, 5.41) is 42.5. The minimum absolute atomic E-state index is 0.0717. The number of amides is 3. The van der Waals surface area contributed by atoms with E-state index in [0.29, 0.717) is 19.4 Å². The fourth-order valence-corrected chi connectivity index (χ4v) is 2.39. The number of aliphatic hydroxyl groups excluding tert-OH is 2. The van der Waals surface area contributed by atoms with Crippen LogP contribution in [0.3, 0.4) is 0 Å². The lowest BCUT2D eigenvalue weighted by Crippen LogP contribution is -2.57. The number of carboxylic acid groups (broad SMARTS) is 2. The van der Waals surface area contributed by atoms with Gasteiger partial charge in [0.25, 0.3) is 0 Å². The van der Waals surface area contributed by atoms with Gasteiger partial charge in [-0.3, -0.25) is 19.2 Å². The van der Waals surface area contributed by atoms with Gasteiger partial charge in [0.15, 0.2) is 0 Å². The Balaban J connectivity index is 5.41. The molecule has 0 spiro atoms. The maximum atomic E-state index is 12.6. The summed E-state index contributed by atoms with van der Waals surface area (Å²) in [4.78, 5) is 58.9. The first kappa shape index (κ1) is 28.2. The molecule has 178 valence electrons. The Morgan fingerprint density at radius 1 is 0.742 bits per heavy atom. The monoisotopic (exact) mass is 449 g/mol. The standard InChI is InChI=1S/C17H31N5O9/c18-6-2-1-3-10(15(28)22-12(8-24)17(30)31)21-16(29)11(4-5-13(25)26)20-14(27)9(19)7-23/h9-12,23-24H,1-8,18-19H2,(H,20,27)(H,21,29)(H,22,28)(H,25,26)(H,30,31). The van der Waals surface area contributed by atoms with Gasteiger partial charge in [0.05, 0.1) is 13.2 Å². The van der Waals surface area contributed by atoms with Crippen LogP contribution in [0.15, 0.2) is 0 Å². The molecule has 11 N–H and O–H groups in total. The molecule has 0 rings (SSSR count). The molecule has 14 heteroatoms. The van der Waals surface area contributed by atoms with Crippen LogP contribution in [-0.2, 0) is 24.0 Å². The third-order valence-corrected chi connectivity index (χ3v) is 4.19. The molecule has 0 fully saturated rings. The lowest BCUT2D eigenvalue weighted by molar-refractivity contribution is -0.143. The molecule has 0 aromatic rings. The zero-order valence-corrected chi connectivity index (χ0v) is 17.0. The number of aliphatic hydroxyl groups is 2. The minimum Gasteiger partial charge on any atom is -0.481 e. The normalized spacial score (nSPS) is 14.6. The van der Waals surface area contributed by atoms with Gasteiger partial charge in [-0.2, -0.15) is 0 Å². The van der Waals surface area contributed by atoms with Crippen molar-refractivity contribution in [2.75, 3.05) is 19.8 Å². The van der Waals surface area contributed by atoms with Crippen molar-refractivity contribution in [2.45, 2.75) is 56.3 Å². The number of hydrogen-bond donors (Lipinski definition) is 9. The topological polar surface area (TPSA) is 254 Å². The van der Waals surface area contributed by atoms with E-state index in [1.165, 1.54) is 0 Å². The van der Waals surface area contributed by atoms with E-state index in [1.54, 1.807) is 0 Å². The second-order valence-corrected chi connectivity index (χ2v) is 6.71. The molecule has 0 aliphatic heterocycles. The first-order valence-electron chi connectivity index (χ1n) is 9.60. The summed E-state index contributed by atoms with van der Waals surface area (Å²) in [5.74, 6) is -5.40. The number of aliphatic carboxylic acids is 2. The van der Waals surface area contributed by atoms with E-state index in [2.05, 4.69) is 16.0 Å². The van der Waals surface area contributed by atoms with Gasteiger partial charge in [0.1, 0.15) is 24.2 Å². The number of rotatable bonds is 16. The maximum Gasteiger partial charge on any atom is 0.328 e. The molecule has 0 aliphatic rings. The van der Waals surface area contributed by atoms with Crippen LogP contribution in [0.1, 0.15) is 32.1 Å². The molecule has 3 amide bonds. The van der Waals surface area contributed by atoms with Crippen molar-refractivity contribution in [2.24, 2.45) is 11.5 Å². The van der Waals surface area contributed by atoms with Crippen molar-refractivity contribution < 1.29 is 44.4 Å². The fourth-order valence-electron chi connectivity index (χ4n) is 2.39. The van der Waals surface area contributed by atoms with Gasteiger partial charge in [-0.15, -0.1) is 0 Å². The number of hydrogen-bond acceptors (Lipinski definition) is 9. The Bertz CT molecular complexity index is 631. The van der Waals surface area contributed by atoms with Crippen molar-refractivity contribution in [3.63, 3.8) is 0 Å². The van der Waals surface area contributed by atoms with Gasteiger partial charge >= 0.3 is 11.9 Å². The molecule has 0 saturated carbocycles. The highest BCUT2D eigenvalue weighted by atomic mass is 16.4. The number of carbonyl (C=O) groups is 5. The third-order valence-electron chi connectivity index (χ3n) is 4.19. The van der Waals surface area contributed by atoms with Crippen LogP contribution < -0.4 is 27.4 Å². The highest BCUT2D eigenvalue weighted by Gasteiger charge is 2.30. The van der Waals surface area contributed by atoms with Crippen LogP contribution in [0.25, 0.3) is 0 Å². The first-order chi connectivity index (χ1) is 14.6. The molecule has 0 saturated heterocycles. The molecule has 0 aromatic carbocycles. The van der Waals surface area contributed by atoms with E-state index < -0.39 is 73.5 Å². The van der Waals surface area contributed by atoms with Gasteiger partial charge in [0, 0.05) is 6.42 Å². The van der Waals surface area contributed by atoms with Crippen LogP contribution in [0.2, 0.25) is 0 Å². The Kier molecular flexibility index (Phi) is 13.7. The summed E-state index contributed by atoms with van der Waals surface area (Å²) in [7, 11) is 0. The summed E-state index contributed by atoms with van der Waals surface area (Å²) in [6.07, 6.45) is 0.168. The quantitative estimate of drug-likeness (QED) is 0.102. The Hall–Kier alpha value is -2.81. The van der Waals surface area contributed by atoms with Crippen molar-refractivity contribution >= 4 is 29.7 Å². The second-order valence-electron chi connectivity index (χ2n) is 6.71. The zero-order valence-electron chi connectivity index (χ0n) is 17.0. The summed E-state index contributed by atoms with van der Waals surface area (Å²) >= 11 is 0. The number of carboxylic acids is 2. The summed E-state index contributed by atoms with van der Waals surface area (Å²) in [5.41, 5.74) is 10.8. The molecule has 0 radical (unpaired) electrons. The van der Waals surface area contributed by atoms with Gasteiger partial charge in [-0.25, -0.2) is 4.79 Å². The molecular weight excluding hydrogens is 418 g/mol. The van der Waals surface area contributed by atoms with E-state index in [0.717, 1.165) is 0 Å². The highest BCUT2D eigenvalue weighted by molar-refractivity contribution is 5.94.